The molecule has 5 nitrogen and oxygen atoms in total. The molecule has 0 saturated carbocycles. The number of carboxylic acid groups (broad SMARTS) is 1. The number of carboxylic acids is 1. The Morgan fingerprint density at radius 1 is 1.21 bits per heavy atom. The van der Waals surface area contributed by atoms with Crippen LogP contribution in [0.5, 0.6) is 0 Å². The quantitative estimate of drug-likeness (QED) is 0.783. The lowest BCUT2D eigenvalue weighted by atomic mass is 10.0. The van der Waals surface area contributed by atoms with Gasteiger partial charge in [0.1, 0.15) is 0 Å². The molecule has 2 N–H and O–H groups in total. The van der Waals surface area contributed by atoms with Gasteiger partial charge < -0.3 is 10.4 Å². The summed E-state index contributed by atoms with van der Waals surface area (Å²) in [6, 6.07) is 8.28. The van der Waals surface area contributed by atoms with Crippen LogP contribution in [-0.2, 0) is 16.0 Å². The molecule has 0 atom stereocenters. The van der Waals surface area contributed by atoms with Gasteiger partial charge in [0.25, 0.3) is 0 Å². The van der Waals surface area contributed by atoms with Crippen LogP contribution >= 0.6 is 11.3 Å². The van der Waals surface area contributed by atoms with Gasteiger partial charge in [0.2, 0.25) is 5.91 Å². The van der Waals surface area contributed by atoms with Crippen molar-refractivity contribution < 1.29 is 14.7 Å². The van der Waals surface area contributed by atoms with Crippen molar-refractivity contribution in [3.05, 3.63) is 34.7 Å². The molecule has 0 fully saturated rings. The fourth-order valence-electron chi connectivity index (χ4n) is 2.28. The Morgan fingerprint density at radius 2 is 1.88 bits per heavy atom. The monoisotopic (exact) mass is 346 g/mol. The van der Waals surface area contributed by atoms with E-state index in [4.69, 9.17) is 5.11 Å². The van der Waals surface area contributed by atoms with E-state index in [1.54, 1.807) is 0 Å². The van der Waals surface area contributed by atoms with Crippen molar-refractivity contribution >= 4 is 28.3 Å². The molecule has 0 bridgehead atoms. The number of hydrogen-bond donors (Lipinski definition) is 2. The highest BCUT2D eigenvalue weighted by atomic mass is 32.1. The molecule has 24 heavy (non-hydrogen) atoms. The second kappa shape index (κ2) is 8.06. The van der Waals surface area contributed by atoms with E-state index < -0.39 is 5.97 Å². The number of aromatic nitrogens is 1. The summed E-state index contributed by atoms with van der Waals surface area (Å²) >= 11 is 1.44. The number of amides is 1. The van der Waals surface area contributed by atoms with Crippen molar-refractivity contribution in [2.24, 2.45) is 0 Å². The van der Waals surface area contributed by atoms with Gasteiger partial charge in [-0.1, -0.05) is 45.0 Å². The number of thiazole rings is 1. The highest BCUT2D eigenvalue weighted by Gasteiger charge is 2.17. The fraction of sp³-hybridized carbons (Fsp3) is 0.389. The van der Waals surface area contributed by atoms with Gasteiger partial charge in [-0.2, -0.15) is 0 Å². The zero-order chi connectivity index (χ0) is 17.7. The Kier molecular flexibility index (Phi) is 6.09. The number of carbonyl (C=O) groups is 2. The van der Waals surface area contributed by atoms with Crippen LogP contribution in [0.1, 0.15) is 50.0 Å². The number of aryl methyl sites for hydroxylation is 1. The highest BCUT2D eigenvalue weighted by Crippen LogP contribution is 2.36. The molecule has 1 aromatic carbocycles. The van der Waals surface area contributed by atoms with E-state index in [2.05, 4.69) is 55.3 Å². The zero-order valence-electron chi connectivity index (χ0n) is 14.1. The summed E-state index contributed by atoms with van der Waals surface area (Å²) in [6.07, 6.45) is 0.755. The lowest BCUT2D eigenvalue weighted by Gasteiger charge is -2.05. The number of carbonyl (C=O) groups excluding carboxylic acids is 1. The molecule has 0 spiro atoms. The minimum absolute atomic E-state index is 0.0492. The van der Waals surface area contributed by atoms with E-state index in [1.807, 2.05) is 0 Å². The van der Waals surface area contributed by atoms with Crippen LogP contribution in [0, 0.1) is 0 Å². The second-order valence-electron chi connectivity index (χ2n) is 5.88. The zero-order valence-corrected chi connectivity index (χ0v) is 14.9. The minimum atomic E-state index is -0.983. The molecule has 6 heteroatoms. The van der Waals surface area contributed by atoms with Gasteiger partial charge >= 0.3 is 5.97 Å². The first-order valence-electron chi connectivity index (χ1n) is 8.02. The third-order valence-corrected chi connectivity index (χ3v) is 4.90. The molecule has 2 aromatic rings. The van der Waals surface area contributed by atoms with Gasteiger partial charge in [-0.15, -0.1) is 11.3 Å². The Balaban J connectivity index is 2.23. The average molecular weight is 346 g/mol. The Bertz CT molecular complexity index is 720. The van der Waals surface area contributed by atoms with Crippen LogP contribution in [0.4, 0.5) is 5.13 Å². The molecular weight excluding hydrogens is 324 g/mol. The van der Waals surface area contributed by atoms with E-state index in [-0.39, 0.29) is 24.7 Å². The Morgan fingerprint density at radius 3 is 2.42 bits per heavy atom. The SMILES string of the molecule is CCc1ccc(-c2nc(NC(=O)CCC(=O)O)sc2C(C)C)cc1. The molecule has 2 rings (SSSR count). The van der Waals surface area contributed by atoms with Gasteiger partial charge in [-0.3, -0.25) is 9.59 Å². The Labute approximate surface area is 145 Å². The Hall–Kier alpha value is -2.21. The normalized spacial score (nSPS) is 10.8. The molecule has 0 aliphatic rings. The molecule has 1 amide bonds. The second-order valence-corrected chi connectivity index (χ2v) is 6.91. The summed E-state index contributed by atoms with van der Waals surface area (Å²) in [5.74, 6) is -1.02. The van der Waals surface area contributed by atoms with E-state index >= 15 is 0 Å². The average Bonchev–Trinajstić information content (AvgIpc) is 2.97. The molecular formula is C18H22N2O3S. The molecule has 1 heterocycles. The number of benzene rings is 1. The first kappa shape index (κ1) is 18.1. The van der Waals surface area contributed by atoms with Crippen molar-refractivity contribution in [3.8, 4) is 11.3 Å². The van der Waals surface area contributed by atoms with Crippen LogP contribution in [0.15, 0.2) is 24.3 Å². The molecule has 1 aromatic heterocycles. The summed E-state index contributed by atoms with van der Waals surface area (Å²) in [5, 5.41) is 11.9. The fourth-order valence-corrected chi connectivity index (χ4v) is 3.29. The maximum Gasteiger partial charge on any atom is 0.303 e. The maximum absolute atomic E-state index is 11.8. The minimum Gasteiger partial charge on any atom is -0.481 e. The third kappa shape index (κ3) is 4.64. The van der Waals surface area contributed by atoms with Gasteiger partial charge in [0.15, 0.2) is 5.13 Å². The van der Waals surface area contributed by atoms with Crippen molar-refractivity contribution in [1.29, 1.82) is 0 Å². The molecule has 0 unspecified atom stereocenters. The van der Waals surface area contributed by atoms with E-state index in [0.717, 1.165) is 22.6 Å². The summed E-state index contributed by atoms with van der Waals surface area (Å²) in [6.45, 7) is 6.29. The van der Waals surface area contributed by atoms with Crippen molar-refractivity contribution in [2.45, 2.75) is 46.0 Å². The van der Waals surface area contributed by atoms with Crippen molar-refractivity contribution in [3.63, 3.8) is 0 Å². The van der Waals surface area contributed by atoms with E-state index in [0.29, 0.717) is 5.13 Å². The van der Waals surface area contributed by atoms with Gasteiger partial charge in [-0.05, 0) is 17.9 Å². The standard InChI is InChI=1S/C18H22N2O3S/c1-4-12-5-7-13(8-6-12)16-17(11(2)3)24-18(20-16)19-14(21)9-10-15(22)23/h5-8,11H,4,9-10H2,1-3H3,(H,22,23)(H,19,20,21). The summed E-state index contributed by atoms with van der Waals surface area (Å²) in [7, 11) is 0. The molecule has 0 saturated heterocycles. The summed E-state index contributed by atoms with van der Waals surface area (Å²) < 4.78 is 0. The van der Waals surface area contributed by atoms with E-state index in [1.165, 1.54) is 16.9 Å². The molecule has 0 aliphatic carbocycles. The van der Waals surface area contributed by atoms with E-state index in [9.17, 15) is 9.59 Å². The van der Waals surface area contributed by atoms with Crippen molar-refractivity contribution in [2.75, 3.05) is 5.32 Å². The van der Waals surface area contributed by atoms with Crippen molar-refractivity contribution in [1.82, 2.24) is 4.98 Å². The number of aliphatic carboxylic acids is 1. The predicted molar refractivity (Wildman–Crippen MR) is 96.5 cm³/mol. The highest BCUT2D eigenvalue weighted by molar-refractivity contribution is 7.16. The van der Waals surface area contributed by atoms with Gasteiger partial charge in [-0.25, -0.2) is 4.98 Å². The van der Waals surface area contributed by atoms with Gasteiger partial charge in [0.05, 0.1) is 12.1 Å². The topological polar surface area (TPSA) is 79.3 Å². The molecule has 128 valence electrons. The largest absolute Gasteiger partial charge is 0.481 e. The van der Waals surface area contributed by atoms with Crippen LogP contribution in [0.25, 0.3) is 11.3 Å². The number of anilines is 1. The third-order valence-electron chi connectivity index (χ3n) is 3.63. The van der Waals surface area contributed by atoms with Crippen LogP contribution in [0.2, 0.25) is 0 Å². The lowest BCUT2D eigenvalue weighted by molar-refractivity contribution is -0.138. The van der Waals surface area contributed by atoms with Crippen LogP contribution in [0.3, 0.4) is 0 Å². The molecule has 0 aliphatic heterocycles. The summed E-state index contributed by atoms with van der Waals surface area (Å²) in [4.78, 5) is 28.0. The first-order valence-corrected chi connectivity index (χ1v) is 8.84. The number of hydrogen-bond acceptors (Lipinski definition) is 4. The summed E-state index contributed by atoms with van der Waals surface area (Å²) in [5.41, 5.74) is 3.17. The van der Waals surface area contributed by atoms with Gasteiger partial charge in [0, 0.05) is 16.9 Å². The predicted octanol–water partition coefficient (Wildman–Crippen LogP) is 4.30. The maximum atomic E-state index is 11.8. The smallest absolute Gasteiger partial charge is 0.303 e. The van der Waals surface area contributed by atoms with Crippen LogP contribution < -0.4 is 5.32 Å². The number of rotatable bonds is 7. The number of nitrogens with one attached hydrogen (secondary N) is 1. The number of nitrogens with zero attached hydrogens (tertiary/aromatic N) is 1. The molecule has 0 radical (unpaired) electrons. The van der Waals surface area contributed by atoms with Crippen LogP contribution in [-0.4, -0.2) is 22.0 Å². The first-order chi connectivity index (χ1) is 11.4. The lowest BCUT2D eigenvalue weighted by Crippen LogP contribution is -2.12.